The predicted octanol–water partition coefficient (Wildman–Crippen LogP) is 3.34. The van der Waals surface area contributed by atoms with Gasteiger partial charge in [-0.25, -0.2) is 0 Å². The SMILES string of the molecule is NNC(CCc1ccsc1)CC1CC2CCC1C2. The molecule has 3 heteroatoms. The molecule has 0 aliphatic heterocycles. The van der Waals surface area contributed by atoms with Gasteiger partial charge in [0, 0.05) is 6.04 Å². The highest BCUT2D eigenvalue weighted by atomic mass is 32.1. The van der Waals surface area contributed by atoms with Crippen molar-refractivity contribution in [2.75, 3.05) is 0 Å². The van der Waals surface area contributed by atoms with E-state index in [1.54, 1.807) is 11.3 Å². The van der Waals surface area contributed by atoms with Crippen LogP contribution in [-0.4, -0.2) is 6.04 Å². The van der Waals surface area contributed by atoms with Gasteiger partial charge < -0.3 is 0 Å². The van der Waals surface area contributed by atoms with Crippen LogP contribution in [0.15, 0.2) is 16.8 Å². The molecule has 100 valence electrons. The van der Waals surface area contributed by atoms with Crippen LogP contribution in [0.5, 0.6) is 0 Å². The lowest BCUT2D eigenvalue weighted by Gasteiger charge is -2.26. The van der Waals surface area contributed by atoms with Crippen molar-refractivity contribution in [2.45, 2.75) is 51.0 Å². The van der Waals surface area contributed by atoms with Gasteiger partial charge in [0.1, 0.15) is 0 Å². The van der Waals surface area contributed by atoms with Crippen molar-refractivity contribution in [3.05, 3.63) is 22.4 Å². The zero-order valence-electron chi connectivity index (χ0n) is 11.0. The Morgan fingerprint density at radius 3 is 2.94 bits per heavy atom. The Kier molecular flexibility index (Phi) is 4.02. The van der Waals surface area contributed by atoms with E-state index < -0.39 is 0 Å². The predicted molar refractivity (Wildman–Crippen MR) is 77.3 cm³/mol. The molecule has 1 aromatic rings. The third-order valence-electron chi connectivity index (χ3n) is 5.07. The minimum Gasteiger partial charge on any atom is -0.271 e. The highest BCUT2D eigenvalue weighted by Gasteiger charge is 2.39. The van der Waals surface area contributed by atoms with Crippen molar-refractivity contribution in [3.63, 3.8) is 0 Å². The molecule has 1 heterocycles. The van der Waals surface area contributed by atoms with Crippen LogP contribution in [0, 0.1) is 17.8 Å². The van der Waals surface area contributed by atoms with Crippen LogP contribution >= 0.6 is 11.3 Å². The Labute approximate surface area is 114 Å². The van der Waals surface area contributed by atoms with E-state index in [-0.39, 0.29) is 0 Å². The topological polar surface area (TPSA) is 38.0 Å². The highest BCUT2D eigenvalue weighted by molar-refractivity contribution is 7.07. The lowest BCUT2D eigenvalue weighted by atomic mass is 9.83. The van der Waals surface area contributed by atoms with Crippen LogP contribution in [0.2, 0.25) is 0 Å². The molecule has 3 rings (SSSR count). The summed E-state index contributed by atoms with van der Waals surface area (Å²) in [5.74, 6) is 8.76. The summed E-state index contributed by atoms with van der Waals surface area (Å²) in [5.41, 5.74) is 4.52. The van der Waals surface area contributed by atoms with Crippen LogP contribution in [0.25, 0.3) is 0 Å². The molecule has 18 heavy (non-hydrogen) atoms. The molecule has 3 N–H and O–H groups in total. The van der Waals surface area contributed by atoms with Crippen molar-refractivity contribution in [3.8, 4) is 0 Å². The van der Waals surface area contributed by atoms with Crippen molar-refractivity contribution in [1.82, 2.24) is 5.43 Å². The maximum absolute atomic E-state index is 5.74. The van der Waals surface area contributed by atoms with Gasteiger partial charge in [-0.1, -0.05) is 6.42 Å². The number of hydrogen-bond acceptors (Lipinski definition) is 3. The second-order valence-electron chi connectivity index (χ2n) is 6.20. The second-order valence-corrected chi connectivity index (χ2v) is 6.98. The van der Waals surface area contributed by atoms with Crippen molar-refractivity contribution >= 4 is 11.3 Å². The van der Waals surface area contributed by atoms with Gasteiger partial charge in [0.25, 0.3) is 0 Å². The summed E-state index contributed by atoms with van der Waals surface area (Å²) >= 11 is 1.79. The van der Waals surface area contributed by atoms with Gasteiger partial charge in [-0.15, -0.1) is 0 Å². The van der Waals surface area contributed by atoms with Crippen LogP contribution in [0.1, 0.15) is 44.1 Å². The minimum atomic E-state index is 0.509. The fraction of sp³-hybridized carbons (Fsp3) is 0.733. The minimum absolute atomic E-state index is 0.509. The van der Waals surface area contributed by atoms with Gasteiger partial charge in [0.15, 0.2) is 0 Å². The van der Waals surface area contributed by atoms with Crippen LogP contribution < -0.4 is 11.3 Å². The van der Waals surface area contributed by atoms with E-state index >= 15 is 0 Å². The first-order valence-corrected chi connectivity index (χ1v) is 8.26. The first-order chi connectivity index (χ1) is 8.85. The third kappa shape index (κ3) is 2.79. The Bertz CT molecular complexity index is 363. The third-order valence-corrected chi connectivity index (χ3v) is 5.80. The van der Waals surface area contributed by atoms with Crippen molar-refractivity contribution < 1.29 is 0 Å². The number of nitrogens with two attached hydrogens (primary N) is 1. The van der Waals surface area contributed by atoms with Crippen LogP contribution in [0.3, 0.4) is 0 Å². The smallest absolute Gasteiger partial charge is 0.0216 e. The molecule has 2 bridgehead atoms. The number of nitrogens with one attached hydrogen (secondary N) is 1. The maximum Gasteiger partial charge on any atom is 0.0216 e. The summed E-state index contributed by atoms with van der Waals surface area (Å²) in [5, 5.41) is 4.42. The molecule has 0 radical (unpaired) electrons. The molecule has 0 saturated heterocycles. The molecule has 2 fully saturated rings. The second kappa shape index (κ2) is 5.72. The average Bonchev–Trinajstić information content (AvgIpc) is 3.10. The lowest BCUT2D eigenvalue weighted by molar-refractivity contribution is 0.272. The van der Waals surface area contributed by atoms with Gasteiger partial charge in [0.05, 0.1) is 0 Å². The summed E-state index contributed by atoms with van der Waals surface area (Å²) in [4.78, 5) is 0. The van der Waals surface area contributed by atoms with E-state index in [9.17, 15) is 0 Å². The number of aryl methyl sites for hydroxylation is 1. The van der Waals surface area contributed by atoms with E-state index in [4.69, 9.17) is 5.84 Å². The number of hydrazine groups is 1. The van der Waals surface area contributed by atoms with Crippen LogP contribution in [0.4, 0.5) is 0 Å². The Hall–Kier alpha value is -0.380. The van der Waals surface area contributed by atoms with Gasteiger partial charge in [-0.3, -0.25) is 11.3 Å². The average molecular weight is 264 g/mol. The monoisotopic (exact) mass is 264 g/mol. The molecule has 2 aliphatic rings. The molecular weight excluding hydrogens is 240 g/mol. The molecule has 0 amide bonds. The Morgan fingerprint density at radius 1 is 1.39 bits per heavy atom. The normalized spacial score (nSPS) is 31.9. The van der Waals surface area contributed by atoms with Gasteiger partial charge in [0.2, 0.25) is 0 Å². The molecule has 2 aliphatic carbocycles. The van der Waals surface area contributed by atoms with Crippen LogP contribution in [-0.2, 0) is 6.42 Å². The number of thiophene rings is 1. The Morgan fingerprint density at radius 2 is 2.33 bits per heavy atom. The number of rotatable bonds is 6. The molecule has 2 saturated carbocycles. The van der Waals surface area contributed by atoms with Gasteiger partial charge in [-0.2, -0.15) is 11.3 Å². The quantitative estimate of drug-likeness (QED) is 0.611. The first-order valence-electron chi connectivity index (χ1n) is 7.32. The zero-order valence-corrected chi connectivity index (χ0v) is 11.8. The van der Waals surface area contributed by atoms with E-state index in [0.29, 0.717) is 6.04 Å². The first kappa shape index (κ1) is 12.6. The zero-order chi connectivity index (χ0) is 12.4. The summed E-state index contributed by atoms with van der Waals surface area (Å²) in [6.07, 6.45) is 9.60. The number of fused-ring (bicyclic) bond motifs is 2. The summed E-state index contributed by atoms with van der Waals surface area (Å²) < 4.78 is 0. The highest BCUT2D eigenvalue weighted by Crippen LogP contribution is 2.49. The summed E-state index contributed by atoms with van der Waals surface area (Å²) in [7, 11) is 0. The molecule has 1 aromatic heterocycles. The lowest BCUT2D eigenvalue weighted by Crippen LogP contribution is -2.37. The maximum atomic E-state index is 5.74. The summed E-state index contributed by atoms with van der Waals surface area (Å²) in [6.45, 7) is 0. The van der Waals surface area contributed by atoms with Crippen molar-refractivity contribution in [2.24, 2.45) is 23.6 Å². The molecular formula is C15H24N2S. The van der Waals surface area contributed by atoms with E-state index in [1.807, 2.05) is 0 Å². The van der Waals surface area contributed by atoms with Gasteiger partial charge in [-0.05, 0) is 78.7 Å². The standard InChI is InChI=1S/C15H24N2S/c16-17-15(4-2-11-5-6-18-10-11)9-14-8-12-1-3-13(14)7-12/h5-6,10,12-15,17H,1-4,7-9,16H2. The number of hydrogen-bond donors (Lipinski definition) is 2. The van der Waals surface area contributed by atoms with E-state index in [2.05, 4.69) is 22.3 Å². The van der Waals surface area contributed by atoms with Gasteiger partial charge >= 0.3 is 0 Å². The fourth-order valence-corrected chi connectivity index (χ4v) is 4.78. The molecule has 0 aromatic carbocycles. The van der Waals surface area contributed by atoms with E-state index in [1.165, 1.54) is 50.5 Å². The molecule has 2 nitrogen and oxygen atoms in total. The summed E-state index contributed by atoms with van der Waals surface area (Å²) in [6, 6.07) is 2.74. The molecule has 4 unspecified atom stereocenters. The van der Waals surface area contributed by atoms with E-state index in [0.717, 1.165) is 17.8 Å². The molecule has 0 spiro atoms. The molecule has 4 atom stereocenters. The Balaban J connectivity index is 1.47. The fourth-order valence-electron chi connectivity index (χ4n) is 4.08. The largest absolute Gasteiger partial charge is 0.271 e. The van der Waals surface area contributed by atoms with Crippen molar-refractivity contribution in [1.29, 1.82) is 0 Å².